The van der Waals surface area contributed by atoms with Crippen molar-refractivity contribution in [3.8, 4) is 0 Å². The van der Waals surface area contributed by atoms with Crippen molar-refractivity contribution in [2.75, 3.05) is 0 Å². The molecule has 1 unspecified atom stereocenters. The maximum Gasteiger partial charge on any atom is 0.00498 e. The van der Waals surface area contributed by atoms with E-state index in [2.05, 4.69) is 45.2 Å². The second-order valence-electron chi connectivity index (χ2n) is 3.71. The smallest absolute Gasteiger partial charge is 0.00498 e. The zero-order valence-electron chi connectivity index (χ0n) is 9.09. The topological polar surface area (TPSA) is 0 Å². The van der Waals surface area contributed by atoms with E-state index in [4.69, 9.17) is 0 Å². The van der Waals surface area contributed by atoms with Gasteiger partial charge in [0.15, 0.2) is 0 Å². The molecule has 0 saturated heterocycles. The van der Waals surface area contributed by atoms with Gasteiger partial charge in [-0.3, -0.25) is 0 Å². The van der Waals surface area contributed by atoms with Crippen molar-refractivity contribution >= 4 is 0 Å². The number of allylic oxidation sites excluding steroid dienone is 2. The third kappa shape index (κ3) is 2.35. The van der Waals surface area contributed by atoms with Gasteiger partial charge in [-0.1, -0.05) is 30.4 Å². The normalized spacial score (nSPS) is 12.1. The molecule has 14 heavy (non-hydrogen) atoms. The number of rotatable bonds is 4. The molecule has 0 saturated carbocycles. The van der Waals surface area contributed by atoms with E-state index in [1.165, 1.54) is 16.7 Å². The Labute approximate surface area is 87.0 Å². The Hall–Kier alpha value is -1.30. The van der Waals surface area contributed by atoms with Gasteiger partial charge in [0.2, 0.25) is 0 Å². The van der Waals surface area contributed by atoms with Gasteiger partial charge in [-0.15, -0.1) is 13.2 Å². The number of aryl methyl sites for hydroxylation is 2. The lowest BCUT2D eigenvalue weighted by molar-refractivity contribution is 0.865. The summed E-state index contributed by atoms with van der Waals surface area (Å²) in [4.78, 5) is 0. The van der Waals surface area contributed by atoms with Crippen molar-refractivity contribution in [2.24, 2.45) is 0 Å². The zero-order chi connectivity index (χ0) is 10.6. The van der Waals surface area contributed by atoms with Gasteiger partial charge in [-0.05, 0) is 37.0 Å². The minimum atomic E-state index is 0.409. The predicted octanol–water partition coefficient (Wildman–Crippen LogP) is 4.15. The molecule has 0 heterocycles. The first-order valence-corrected chi connectivity index (χ1v) is 4.99. The van der Waals surface area contributed by atoms with Crippen LogP contribution in [0.3, 0.4) is 0 Å². The van der Waals surface area contributed by atoms with Crippen LogP contribution in [0.5, 0.6) is 0 Å². The maximum absolute atomic E-state index is 3.86. The summed E-state index contributed by atoms with van der Waals surface area (Å²) in [7, 11) is 0. The summed E-state index contributed by atoms with van der Waals surface area (Å²) in [6, 6.07) is 6.59. The van der Waals surface area contributed by atoms with Crippen molar-refractivity contribution in [3.63, 3.8) is 0 Å². The highest BCUT2D eigenvalue weighted by molar-refractivity contribution is 5.33. The lowest BCUT2D eigenvalue weighted by Gasteiger charge is -2.12. The van der Waals surface area contributed by atoms with Crippen LogP contribution in [0, 0.1) is 13.8 Å². The van der Waals surface area contributed by atoms with E-state index in [0.717, 1.165) is 6.42 Å². The summed E-state index contributed by atoms with van der Waals surface area (Å²) < 4.78 is 0. The average Bonchev–Trinajstić information content (AvgIpc) is 2.19. The fraction of sp³-hybridized carbons (Fsp3) is 0.286. The second-order valence-corrected chi connectivity index (χ2v) is 3.71. The summed E-state index contributed by atoms with van der Waals surface area (Å²) in [5.41, 5.74) is 4.02. The van der Waals surface area contributed by atoms with Crippen LogP contribution in [-0.2, 0) is 0 Å². The van der Waals surface area contributed by atoms with Crippen molar-refractivity contribution in [1.29, 1.82) is 0 Å². The lowest BCUT2D eigenvalue weighted by atomic mass is 9.93. The Morgan fingerprint density at radius 1 is 1.21 bits per heavy atom. The summed E-state index contributed by atoms with van der Waals surface area (Å²) >= 11 is 0. The summed E-state index contributed by atoms with van der Waals surface area (Å²) in [6.07, 6.45) is 4.90. The predicted molar refractivity (Wildman–Crippen MR) is 63.7 cm³/mol. The fourth-order valence-corrected chi connectivity index (χ4v) is 1.54. The monoisotopic (exact) mass is 186 g/mol. The van der Waals surface area contributed by atoms with Crippen LogP contribution in [0.25, 0.3) is 0 Å². The molecule has 1 atom stereocenters. The molecule has 0 heteroatoms. The van der Waals surface area contributed by atoms with Crippen molar-refractivity contribution < 1.29 is 0 Å². The highest BCUT2D eigenvalue weighted by atomic mass is 14.1. The van der Waals surface area contributed by atoms with Crippen LogP contribution >= 0.6 is 0 Å². The molecule has 0 amide bonds. The molecule has 0 aliphatic carbocycles. The van der Waals surface area contributed by atoms with Crippen LogP contribution in [-0.4, -0.2) is 0 Å². The zero-order valence-corrected chi connectivity index (χ0v) is 9.09. The Morgan fingerprint density at radius 2 is 1.93 bits per heavy atom. The van der Waals surface area contributed by atoms with E-state index in [9.17, 15) is 0 Å². The van der Waals surface area contributed by atoms with E-state index in [1.54, 1.807) is 0 Å². The number of hydrogen-bond donors (Lipinski definition) is 0. The van der Waals surface area contributed by atoms with E-state index in [-0.39, 0.29) is 0 Å². The molecule has 0 aliphatic rings. The van der Waals surface area contributed by atoms with Gasteiger partial charge < -0.3 is 0 Å². The molecule has 0 N–H and O–H groups in total. The summed E-state index contributed by atoms with van der Waals surface area (Å²) in [5, 5.41) is 0. The number of benzene rings is 1. The molecular formula is C14H18. The van der Waals surface area contributed by atoms with Gasteiger partial charge in [0, 0.05) is 5.92 Å². The van der Waals surface area contributed by atoms with Crippen LogP contribution < -0.4 is 0 Å². The average molecular weight is 186 g/mol. The molecule has 0 radical (unpaired) electrons. The standard InChI is InChI=1S/C14H18/c1-5-7-13(6-2)14-9-8-11(3)12(4)10-14/h5-6,8-10,13H,1-2,7H2,3-4H3. The van der Waals surface area contributed by atoms with Crippen molar-refractivity contribution in [3.05, 3.63) is 60.2 Å². The molecule has 0 nitrogen and oxygen atoms in total. The molecule has 0 fully saturated rings. The Kier molecular flexibility index (Phi) is 3.70. The molecule has 0 aromatic heterocycles. The number of hydrogen-bond acceptors (Lipinski definition) is 0. The quantitative estimate of drug-likeness (QED) is 0.620. The molecule has 0 spiro atoms. The van der Waals surface area contributed by atoms with Gasteiger partial charge in [-0.2, -0.15) is 0 Å². The molecule has 0 bridgehead atoms. The fourth-order valence-electron chi connectivity index (χ4n) is 1.54. The lowest BCUT2D eigenvalue weighted by Crippen LogP contribution is -1.94. The van der Waals surface area contributed by atoms with E-state index < -0.39 is 0 Å². The van der Waals surface area contributed by atoms with E-state index in [0.29, 0.717) is 5.92 Å². The third-order valence-electron chi connectivity index (χ3n) is 2.66. The van der Waals surface area contributed by atoms with Gasteiger partial charge >= 0.3 is 0 Å². The second kappa shape index (κ2) is 4.80. The maximum atomic E-state index is 3.86. The molecule has 0 aliphatic heterocycles. The van der Waals surface area contributed by atoms with Crippen molar-refractivity contribution in [1.82, 2.24) is 0 Å². The highest BCUT2D eigenvalue weighted by Crippen LogP contribution is 2.23. The first-order chi connectivity index (χ1) is 6.69. The van der Waals surface area contributed by atoms with Crippen LogP contribution in [0.2, 0.25) is 0 Å². The Morgan fingerprint density at radius 3 is 2.43 bits per heavy atom. The molecule has 1 aromatic rings. The van der Waals surface area contributed by atoms with Crippen LogP contribution in [0.4, 0.5) is 0 Å². The molecule has 1 rings (SSSR count). The minimum absolute atomic E-state index is 0.409. The van der Waals surface area contributed by atoms with E-state index in [1.807, 2.05) is 12.2 Å². The molecular weight excluding hydrogens is 168 g/mol. The Bertz CT molecular complexity index is 334. The first kappa shape index (κ1) is 10.8. The molecule has 1 aromatic carbocycles. The summed E-state index contributed by atoms with van der Waals surface area (Å²) in [5.74, 6) is 0.409. The van der Waals surface area contributed by atoms with Gasteiger partial charge in [0.05, 0.1) is 0 Å². The summed E-state index contributed by atoms with van der Waals surface area (Å²) in [6.45, 7) is 11.9. The SMILES string of the molecule is C=CCC(C=C)c1ccc(C)c(C)c1. The first-order valence-electron chi connectivity index (χ1n) is 4.99. The van der Waals surface area contributed by atoms with Gasteiger partial charge in [0.1, 0.15) is 0 Å². The molecule has 74 valence electrons. The minimum Gasteiger partial charge on any atom is -0.103 e. The third-order valence-corrected chi connectivity index (χ3v) is 2.66. The van der Waals surface area contributed by atoms with Crippen molar-refractivity contribution in [2.45, 2.75) is 26.2 Å². The van der Waals surface area contributed by atoms with Gasteiger partial charge in [0.25, 0.3) is 0 Å². The van der Waals surface area contributed by atoms with Crippen LogP contribution in [0.1, 0.15) is 29.0 Å². The largest absolute Gasteiger partial charge is 0.103 e. The van der Waals surface area contributed by atoms with Gasteiger partial charge in [-0.25, -0.2) is 0 Å². The Balaban J connectivity index is 2.98. The van der Waals surface area contributed by atoms with Crippen LogP contribution in [0.15, 0.2) is 43.5 Å². The highest BCUT2D eigenvalue weighted by Gasteiger charge is 2.05. The van der Waals surface area contributed by atoms with E-state index >= 15 is 0 Å².